The third-order valence-electron chi connectivity index (χ3n) is 2.10. The van der Waals surface area contributed by atoms with Crippen molar-refractivity contribution in [3.8, 4) is 0 Å². The van der Waals surface area contributed by atoms with Gasteiger partial charge in [-0.3, -0.25) is 4.79 Å². The molecule has 0 unspecified atom stereocenters. The van der Waals surface area contributed by atoms with Crippen LogP contribution in [0.2, 0.25) is 0 Å². The van der Waals surface area contributed by atoms with Gasteiger partial charge in [-0.15, -0.1) is 11.6 Å². The lowest BCUT2D eigenvalue weighted by Crippen LogP contribution is -2.25. The fourth-order valence-corrected chi connectivity index (χ4v) is 1.42. The number of carbonyl (C=O) groups is 1. The molecule has 0 rings (SSSR count). The molecule has 0 spiro atoms. The molecule has 0 aromatic rings. The van der Waals surface area contributed by atoms with Crippen molar-refractivity contribution in [2.45, 2.75) is 38.5 Å². The van der Waals surface area contributed by atoms with Gasteiger partial charge in [0.2, 0.25) is 5.91 Å². The van der Waals surface area contributed by atoms with Crippen molar-refractivity contribution in [1.82, 2.24) is 5.32 Å². The summed E-state index contributed by atoms with van der Waals surface area (Å²) in [4.78, 5) is 11.2. The molecule has 1 amide bonds. The van der Waals surface area contributed by atoms with Gasteiger partial charge in [-0.1, -0.05) is 12.8 Å². The summed E-state index contributed by atoms with van der Waals surface area (Å²) in [5.41, 5.74) is 0. The highest BCUT2D eigenvalue weighted by molar-refractivity contribution is 6.17. The number of carbonyl (C=O) groups excluding carboxylic acids is 1. The van der Waals surface area contributed by atoms with Crippen LogP contribution in [0, 0.1) is 0 Å². The van der Waals surface area contributed by atoms with Crippen LogP contribution in [0.25, 0.3) is 0 Å². The van der Waals surface area contributed by atoms with Gasteiger partial charge in [0.1, 0.15) is 6.61 Å². The first kappa shape index (κ1) is 16.6. The molecular formula is C11H20ClF2NO2. The van der Waals surface area contributed by atoms with E-state index in [2.05, 4.69) is 10.1 Å². The van der Waals surface area contributed by atoms with Crippen molar-refractivity contribution in [3.05, 3.63) is 0 Å². The van der Waals surface area contributed by atoms with E-state index in [0.717, 1.165) is 25.7 Å². The Balaban J connectivity index is 3.18. The lowest BCUT2D eigenvalue weighted by Gasteiger charge is -2.05. The minimum absolute atomic E-state index is 0.0441. The number of nitrogens with one attached hydrogen (secondary N) is 1. The zero-order valence-electron chi connectivity index (χ0n) is 9.89. The zero-order valence-corrected chi connectivity index (χ0v) is 10.6. The van der Waals surface area contributed by atoms with Crippen LogP contribution in [-0.2, 0) is 9.53 Å². The first-order valence-electron chi connectivity index (χ1n) is 5.85. The molecule has 0 fully saturated rings. The molecule has 0 aromatic carbocycles. The number of rotatable bonds is 11. The summed E-state index contributed by atoms with van der Waals surface area (Å²) >= 11 is 5.52. The number of amides is 1. The van der Waals surface area contributed by atoms with E-state index >= 15 is 0 Å². The van der Waals surface area contributed by atoms with Crippen LogP contribution in [-0.4, -0.2) is 38.0 Å². The van der Waals surface area contributed by atoms with E-state index in [9.17, 15) is 13.6 Å². The monoisotopic (exact) mass is 271 g/mol. The minimum atomic E-state index is -2.47. The molecule has 0 aliphatic rings. The molecule has 0 saturated carbocycles. The molecule has 3 nitrogen and oxygen atoms in total. The number of alkyl halides is 3. The summed E-state index contributed by atoms with van der Waals surface area (Å²) in [7, 11) is 0. The minimum Gasteiger partial charge on any atom is -0.375 e. The molecule has 0 saturated heterocycles. The Morgan fingerprint density at radius 3 is 2.59 bits per heavy atom. The fraction of sp³-hybridized carbons (Fsp3) is 0.909. The smallest absolute Gasteiger partial charge is 0.261 e. The maximum absolute atomic E-state index is 11.7. The third kappa shape index (κ3) is 13.5. The van der Waals surface area contributed by atoms with Crippen LogP contribution in [0.5, 0.6) is 0 Å². The molecule has 102 valence electrons. The number of ether oxygens (including phenoxy) is 1. The molecule has 1 N–H and O–H groups in total. The largest absolute Gasteiger partial charge is 0.375 e. The second kappa shape index (κ2) is 12.0. The second-order valence-electron chi connectivity index (χ2n) is 3.67. The summed E-state index contributed by atoms with van der Waals surface area (Å²) in [6.45, 7) is 0.0596. The van der Waals surface area contributed by atoms with Gasteiger partial charge in [-0.05, 0) is 12.8 Å². The molecule has 17 heavy (non-hydrogen) atoms. The van der Waals surface area contributed by atoms with Gasteiger partial charge in [0.25, 0.3) is 6.43 Å². The first-order chi connectivity index (χ1) is 8.16. The van der Waals surface area contributed by atoms with Crippen LogP contribution in [0.1, 0.15) is 32.1 Å². The highest BCUT2D eigenvalue weighted by Crippen LogP contribution is 2.00. The average Bonchev–Trinajstić information content (AvgIpc) is 2.29. The van der Waals surface area contributed by atoms with Crippen LogP contribution in [0.15, 0.2) is 0 Å². The second-order valence-corrected chi connectivity index (χ2v) is 4.05. The predicted molar refractivity (Wildman–Crippen MR) is 63.6 cm³/mol. The van der Waals surface area contributed by atoms with Gasteiger partial charge in [-0.2, -0.15) is 0 Å². The maximum Gasteiger partial charge on any atom is 0.261 e. The van der Waals surface area contributed by atoms with Crippen LogP contribution < -0.4 is 5.32 Å². The van der Waals surface area contributed by atoms with Crippen molar-refractivity contribution in [2.24, 2.45) is 0 Å². The SMILES string of the molecule is O=C(CCOCC(F)F)NCCCCCCCl. The van der Waals surface area contributed by atoms with E-state index in [1.807, 2.05) is 0 Å². The average molecular weight is 272 g/mol. The Bertz CT molecular complexity index is 194. The molecule has 0 heterocycles. The Morgan fingerprint density at radius 2 is 1.94 bits per heavy atom. The Hall–Kier alpha value is -0.420. The van der Waals surface area contributed by atoms with Crippen molar-refractivity contribution >= 4 is 17.5 Å². The molecule has 0 atom stereocenters. The van der Waals surface area contributed by atoms with Crippen molar-refractivity contribution in [3.63, 3.8) is 0 Å². The van der Waals surface area contributed by atoms with Crippen LogP contribution in [0.3, 0.4) is 0 Å². The van der Waals surface area contributed by atoms with E-state index in [1.165, 1.54) is 0 Å². The topological polar surface area (TPSA) is 38.3 Å². The van der Waals surface area contributed by atoms with E-state index < -0.39 is 13.0 Å². The molecule has 0 aromatic heterocycles. The molecular weight excluding hydrogens is 252 g/mol. The lowest BCUT2D eigenvalue weighted by molar-refractivity contribution is -0.122. The normalized spacial score (nSPS) is 10.8. The van der Waals surface area contributed by atoms with Crippen molar-refractivity contribution in [2.75, 3.05) is 25.6 Å². The van der Waals surface area contributed by atoms with Gasteiger partial charge < -0.3 is 10.1 Å². The van der Waals surface area contributed by atoms with Gasteiger partial charge in [0.05, 0.1) is 6.61 Å². The van der Waals surface area contributed by atoms with Gasteiger partial charge in [0, 0.05) is 18.8 Å². The van der Waals surface area contributed by atoms with Gasteiger partial charge in [0.15, 0.2) is 0 Å². The van der Waals surface area contributed by atoms with E-state index in [1.54, 1.807) is 0 Å². The van der Waals surface area contributed by atoms with Gasteiger partial charge in [-0.25, -0.2) is 8.78 Å². The zero-order chi connectivity index (χ0) is 12.9. The third-order valence-corrected chi connectivity index (χ3v) is 2.37. The van der Waals surface area contributed by atoms with Gasteiger partial charge >= 0.3 is 0 Å². The highest BCUT2D eigenvalue weighted by atomic mass is 35.5. The van der Waals surface area contributed by atoms with E-state index in [-0.39, 0.29) is 18.9 Å². The molecule has 0 radical (unpaired) electrons. The molecule has 0 aliphatic carbocycles. The van der Waals surface area contributed by atoms with Crippen molar-refractivity contribution in [1.29, 1.82) is 0 Å². The first-order valence-corrected chi connectivity index (χ1v) is 6.39. The molecule has 0 bridgehead atoms. The number of unbranched alkanes of at least 4 members (excludes halogenated alkanes) is 3. The lowest BCUT2D eigenvalue weighted by atomic mass is 10.2. The van der Waals surface area contributed by atoms with E-state index in [0.29, 0.717) is 12.4 Å². The number of hydrogen-bond donors (Lipinski definition) is 1. The predicted octanol–water partition coefficient (Wildman–Crippen LogP) is 2.57. The fourth-order valence-electron chi connectivity index (χ4n) is 1.23. The van der Waals surface area contributed by atoms with Crippen LogP contribution in [0.4, 0.5) is 8.78 Å². The standard InChI is InChI=1S/C11H20ClF2NO2/c12-6-3-1-2-4-7-15-11(16)5-8-17-9-10(13)14/h10H,1-9H2,(H,15,16). The Morgan fingerprint density at radius 1 is 1.24 bits per heavy atom. The molecule has 6 heteroatoms. The van der Waals surface area contributed by atoms with E-state index in [4.69, 9.17) is 11.6 Å². The highest BCUT2D eigenvalue weighted by Gasteiger charge is 2.04. The number of hydrogen-bond acceptors (Lipinski definition) is 2. The maximum atomic E-state index is 11.7. The summed E-state index contributed by atoms with van der Waals surface area (Å²) < 4.78 is 27.9. The summed E-state index contributed by atoms with van der Waals surface area (Å²) in [6.07, 6.45) is 1.68. The summed E-state index contributed by atoms with van der Waals surface area (Å²) in [6, 6.07) is 0. The molecule has 0 aliphatic heterocycles. The summed E-state index contributed by atoms with van der Waals surface area (Å²) in [5.74, 6) is 0.519. The summed E-state index contributed by atoms with van der Waals surface area (Å²) in [5, 5.41) is 2.71. The quantitative estimate of drug-likeness (QED) is 0.463. The Labute approximate surface area is 106 Å². The van der Waals surface area contributed by atoms with Crippen LogP contribution >= 0.6 is 11.6 Å². The Kier molecular flexibility index (Phi) is 11.8. The number of halogens is 3. The van der Waals surface area contributed by atoms with Crippen molar-refractivity contribution < 1.29 is 18.3 Å².